The van der Waals surface area contributed by atoms with Crippen LogP contribution < -0.4 is 10.5 Å². The number of nitrogens with zero attached hydrogens (tertiary/aromatic N) is 2. The molecule has 1 aliphatic heterocycles. The van der Waals surface area contributed by atoms with Crippen molar-refractivity contribution in [3.8, 4) is 5.75 Å². The molecule has 2 amide bonds. The average Bonchev–Trinajstić information content (AvgIpc) is 2.92. The number of hydrogen-bond donors (Lipinski definition) is 1. The quantitative estimate of drug-likeness (QED) is 0.826. The highest BCUT2D eigenvalue weighted by molar-refractivity contribution is 8.15. The number of ether oxygens (including phenoxy) is 1. The van der Waals surface area contributed by atoms with Crippen LogP contribution in [-0.2, 0) is 16.1 Å². The average molecular weight is 387 g/mol. The van der Waals surface area contributed by atoms with Crippen LogP contribution in [0.5, 0.6) is 5.75 Å². The fourth-order valence-corrected chi connectivity index (χ4v) is 3.76. The Labute approximate surface area is 160 Å². The highest BCUT2D eigenvalue weighted by Gasteiger charge is 2.38. The molecule has 2 aromatic carbocycles. The predicted octanol–water partition coefficient (Wildman–Crippen LogP) is 2.84. The summed E-state index contributed by atoms with van der Waals surface area (Å²) in [6, 6.07) is 13.0. The largest absolute Gasteiger partial charge is 0.497 e. The first kappa shape index (κ1) is 18.9. The number of amidine groups is 1. The van der Waals surface area contributed by atoms with Crippen LogP contribution in [-0.4, -0.2) is 34.2 Å². The second-order valence-corrected chi connectivity index (χ2v) is 7.09. The van der Waals surface area contributed by atoms with Crippen LogP contribution in [0.1, 0.15) is 12.0 Å². The number of aliphatic imine (C=N–C) groups is 1. The zero-order valence-corrected chi connectivity index (χ0v) is 15.4. The highest BCUT2D eigenvalue weighted by atomic mass is 32.2. The van der Waals surface area contributed by atoms with Crippen molar-refractivity contribution in [1.29, 1.82) is 0 Å². The summed E-state index contributed by atoms with van der Waals surface area (Å²) in [5.41, 5.74) is 6.67. The third-order valence-corrected chi connectivity index (χ3v) is 5.13. The molecule has 1 atom stereocenters. The summed E-state index contributed by atoms with van der Waals surface area (Å²) >= 11 is 1.19. The Morgan fingerprint density at radius 1 is 1.22 bits per heavy atom. The van der Waals surface area contributed by atoms with E-state index in [1.165, 1.54) is 40.9 Å². The summed E-state index contributed by atoms with van der Waals surface area (Å²) in [5.74, 6) is -0.424. The number of hydrogen-bond acceptors (Lipinski definition) is 5. The van der Waals surface area contributed by atoms with Crippen LogP contribution in [0.25, 0.3) is 0 Å². The van der Waals surface area contributed by atoms with Crippen LogP contribution in [0.2, 0.25) is 0 Å². The molecule has 0 unspecified atom stereocenters. The van der Waals surface area contributed by atoms with Gasteiger partial charge in [0.25, 0.3) is 0 Å². The number of halogens is 1. The van der Waals surface area contributed by atoms with Gasteiger partial charge in [0.2, 0.25) is 11.8 Å². The maximum absolute atomic E-state index is 13.1. The fourth-order valence-electron chi connectivity index (χ4n) is 2.59. The molecule has 1 saturated heterocycles. The Morgan fingerprint density at radius 2 is 1.89 bits per heavy atom. The van der Waals surface area contributed by atoms with Gasteiger partial charge in [0.1, 0.15) is 16.8 Å². The minimum absolute atomic E-state index is 0.0644. The lowest BCUT2D eigenvalue weighted by molar-refractivity contribution is -0.128. The zero-order chi connectivity index (χ0) is 19.4. The molecule has 1 aliphatic rings. The molecule has 2 aromatic rings. The summed E-state index contributed by atoms with van der Waals surface area (Å²) in [7, 11) is 1.58. The Bertz CT molecular complexity index is 869. The molecule has 0 radical (unpaired) electrons. The molecule has 0 aliphatic carbocycles. The van der Waals surface area contributed by atoms with Crippen molar-refractivity contribution in [2.75, 3.05) is 7.11 Å². The number of benzene rings is 2. The van der Waals surface area contributed by atoms with Gasteiger partial charge in [0, 0.05) is 6.42 Å². The first-order chi connectivity index (χ1) is 13.0. The first-order valence-electron chi connectivity index (χ1n) is 8.20. The third-order valence-electron chi connectivity index (χ3n) is 3.96. The number of nitrogens with two attached hydrogens (primary N) is 1. The number of carbonyl (C=O) groups excluding carboxylic acids is 2. The van der Waals surface area contributed by atoms with Gasteiger partial charge in [-0.05, 0) is 42.0 Å². The molecule has 0 spiro atoms. The van der Waals surface area contributed by atoms with Crippen molar-refractivity contribution in [2.45, 2.75) is 18.2 Å². The number of carbonyl (C=O) groups is 2. The van der Waals surface area contributed by atoms with Gasteiger partial charge >= 0.3 is 0 Å². The molecule has 1 heterocycles. The van der Waals surface area contributed by atoms with E-state index in [1.807, 2.05) is 12.1 Å². The van der Waals surface area contributed by atoms with E-state index in [1.54, 1.807) is 19.2 Å². The normalized spacial score (nSPS) is 18.1. The van der Waals surface area contributed by atoms with E-state index < -0.39 is 11.2 Å². The zero-order valence-electron chi connectivity index (χ0n) is 14.6. The maximum atomic E-state index is 13.1. The molecule has 1 fully saturated rings. The Hall–Kier alpha value is -2.87. The molecule has 8 heteroatoms. The first-order valence-corrected chi connectivity index (χ1v) is 9.08. The number of methoxy groups -OCH3 is 1. The molecule has 0 aromatic heterocycles. The van der Waals surface area contributed by atoms with Gasteiger partial charge in [0.05, 0.1) is 19.3 Å². The van der Waals surface area contributed by atoms with E-state index in [0.717, 1.165) is 5.56 Å². The van der Waals surface area contributed by atoms with Crippen LogP contribution in [0.3, 0.4) is 0 Å². The number of primary amides is 1. The predicted molar refractivity (Wildman–Crippen MR) is 102 cm³/mol. The second kappa shape index (κ2) is 8.22. The topological polar surface area (TPSA) is 85.0 Å². The summed E-state index contributed by atoms with van der Waals surface area (Å²) in [6.45, 7) is 0.297. The highest BCUT2D eigenvalue weighted by Crippen LogP contribution is 2.32. The van der Waals surface area contributed by atoms with Gasteiger partial charge in [-0.25, -0.2) is 9.38 Å². The lowest BCUT2D eigenvalue weighted by atomic mass is 10.2. The van der Waals surface area contributed by atoms with Crippen molar-refractivity contribution in [1.82, 2.24) is 4.90 Å². The van der Waals surface area contributed by atoms with E-state index in [9.17, 15) is 14.0 Å². The minimum Gasteiger partial charge on any atom is -0.497 e. The van der Waals surface area contributed by atoms with E-state index >= 15 is 0 Å². The van der Waals surface area contributed by atoms with Crippen LogP contribution in [0.15, 0.2) is 53.5 Å². The van der Waals surface area contributed by atoms with E-state index in [-0.39, 0.29) is 18.1 Å². The van der Waals surface area contributed by atoms with Crippen molar-refractivity contribution >= 4 is 34.4 Å². The molecule has 140 valence electrons. The van der Waals surface area contributed by atoms with E-state index in [0.29, 0.717) is 23.1 Å². The Morgan fingerprint density at radius 3 is 2.48 bits per heavy atom. The molecule has 0 saturated carbocycles. The van der Waals surface area contributed by atoms with Crippen molar-refractivity contribution in [3.63, 3.8) is 0 Å². The van der Waals surface area contributed by atoms with E-state index in [2.05, 4.69) is 4.99 Å². The van der Waals surface area contributed by atoms with Gasteiger partial charge in [-0.3, -0.25) is 14.5 Å². The Balaban J connectivity index is 1.88. The molecule has 3 rings (SSSR count). The summed E-state index contributed by atoms with van der Waals surface area (Å²) in [4.78, 5) is 30.0. The van der Waals surface area contributed by atoms with E-state index in [4.69, 9.17) is 10.5 Å². The molecular formula is C19H18FN3O3S. The smallest absolute Gasteiger partial charge is 0.242 e. The molecule has 27 heavy (non-hydrogen) atoms. The SMILES string of the molecule is COc1ccc(CN2C(=O)[C@H](CC(N)=O)SC2=Nc2ccc(F)cc2)cc1. The summed E-state index contributed by atoms with van der Waals surface area (Å²) in [6.07, 6.45) is -0.0644. The standard InChI is InChI=1S/C19H18FN3O3S/c1-26-15-8-2-12(3-9-15)11-23-18(25)16(10-17(21)24)27-19(23)22-14-6-4-13(20)5-7-14/h2-9,16H,10-11H2,1H3,(H2,21,24)/t16-/m0/s1. The number of thioether (sulfide) groups is 1. The van der Waals surface area contributed by atoms with Gasteiger partial charge in [-0.15, -0.1) is 0 Å². The lowest BCUT2D eigenvalue weighted by Gasteiger charge is -2.17. The third kappa shape index (κ3) is 4.65. The number of rotatable bonds is 6. The van der Waals surface area contributed by atoms with Crippen molar-refractivity contribution < 1.29 is 18.7 Å². The van der Waals surface area contributed by atoms with Crippen molar-refractivity contribution in [3.05, 3.63) is 59.9 Å². The van der Waals surface area contributed by atoms with Gasteiger partial charge < -0.3 is 10.5 Å². The van der Waals surface area contributed by atoms with Crippen LogP contribution in [0, 0.1) is 5.82 Å². The van der Waals surface area contributed by atoms with Gasteiger partial charge in [-0.1, -0.05) is 23.9 Å². The van der Waals surface area contributed by atoms with Crippen LogP contribution >= 0.6 is 11.8 Å². The monoisotopic (exact) mass is 387 g/mol. The lowest BCUT2D eigenvalue weighted by Crippen LogP contribution is -2.33. The molecule has 0 bridgehead atoms. The molecular weight excluding hydrogens is 369 g/mol. The maximum Gasteiger partial charge on any atom is 0.242 e. The molecule has 2 N–H and O–H groups in total. The number of amides is 2. The Kier molecular flexibility index (Phi) is 5.75. The summed E-state index contributed by atoms with van der Waals surface area (Å²) in [5, 5.41) is -0.159. The second-order valence-electron chi connectivity index (χ2n) is 5.92. The fraction of sp³-hybridized carbons (Fsp3) is 0.211. The molecule has 6 nitrogen and oxygen atoms in total. The van der Waals surface area contributed by atoms with Gasteiger partial charge in [0.15, 0.2) is 5.17 Å². The summed E-state index contributed by atoms with van der Waals surface area (Å²) < 4.78 is 18.3. The van der Waals surface area contributed by atoms with Gasteiger partial charge in [-0.2, -0.15) is 0 Å². The van der Waals surface area contributed by atoms with Crippen LogP contribution in [0.4, 0.5) is 10.1 Å². The van der Waals surface area contributed by atoms with Crippen molar-refractivity contribution in [2.24, 2.45) is 10.7 Å². The minimum atomic E-state index is -0.611.